The maximum absolute atomic E-state index is 12.7. The third-order valence-electron chi connectivity index (χ3n) is 5.37. The zero-order chi connectivity index (χ0) is 22.0. The lowest BCUT2D eigenvalue weighted by atomic mass is 10.2. The molecule has 0 spiro atoms. The quantitative estimate of drug-likeness (QED) is 0.750. The van der Waals surface area contributed by atoms with Crippen LogP contribution in [0.1, 0.15) is 12.8 Å². The van der Waals surface area contributed by atoms with Gasteiger partial charge in [0.15, 0.2) is 0 Å². The van der Waals surface area contributed by atoms with E-state index in [4.69, 9.17) is 11.6 Å². The number of amides is 3. The van der Waals surface area contributed by atoms with Gasteiger partial charge in [-0.3, -0.25) is 9.78 Å². The minimum atomic E-state index is -3.64. The number of hydrogen-bond acceptors (Lipinski definition) is 5. The molecule has 31 heavy (non-hydrogen) atoms. The largest absolute Gasteiger partial charge is 0.322 e. The lowest BCUT2D eigenvalue weighted by molar-refractivity contribution is -0.117. The van der Waals surface area contributed by atoms with Crippen LogP contribution in [0.3, 0.4) is 0 Å². The summed E-state index contributed by atoms with van der Waals surface area (Å²) in [5.41, 5.74) is 1.10. The number of anilines is 2. The number of carbonyl (C=O) groups is 2. The molecule has 1 aromatic heterocycles. The second kappa shape index (κ2) is 8.81. The van der Waals surface area contributed by atoms with E-state index >= 15 is 0 Å². The first kappa shape index (κ1) is 21.5. The molecule has 3 amide bonds. The van der Waals surface area contributed by atoms with Crippen LogP contribution in [0.2, 0.25) is 5.02 Å². The zero-order valence-corrected chi connectivity index (χ0v) is 18.3. The molecule has 2 fully saturated rings. The fourth-order valence-electron chi connectivity index (χ4n) is 3.67. The van der Waals surface area contributed by atoms with E-state index in [1.54, 1.807) is 34.1 Å². The summed E-state index contributed by atoms with van der Waals surface area (Å²) in [6.45, 7) is 1.49. The van der Waals surface area contributed by atoms with Crippen molar-refractivity contribution in [2.75, 3.05) is 42.9 Å². The number of urea groups is 1. The average molecular weight is 464 g/mol. The average Bonchev–Trinajstić information content (AvgIpc) is 3.22. The van der Waals surface area contributed by atoms with Gasteiger partial charge < -0.3 is 15.1 Å². The highest BCUT2D eigenvalue weighted by molar-refractivity contribution is 7.89. The van der Waals surface area contributed by atoms with Crippen molar-refractivity contribution in [2.24, 2.45) is 0 Å². The number of benzene rings is 1. The zero-order valence-electron chi connectivity index (χ0n) is 16.7. The van der Waals surface area contributed by atoms with Gasteiger partial charge in [-0.15, -0.1) is 0 Å². The van der Waals surface area contributed by atoms with E-state index in [2.05, 4.69) is 10.3 Å². The molecule has 0 bridgehead atoms. The molecule has 164 valence electrons. The van der Waals surface area contributed by atoms with Crippen LogP contribution in [0, 0.1) is 0 Å². The van der Waals surface area contributed by atoms with Crippen molar-refractivity contribution in [3.8, 4) is 0 Å². The van der Waals surface area contributed by atoms with Crippen LogP contribution in [0.4, 0.5) is 16.2 Å². The third-order valence-corrected chi connectivity index (χ3v) is 7.59. The Morgan fingerprint density at radius 2 is 1.87 bits per heavy atom. The first-order valence-corrected chi connectivity index (χ1v) is 11.7. The predicted octanol–water partition coefficient (Wildman–Crippen LogP) is 2.40. The Balaban J connectivity index is 1.40. The number of aromatic nitrogens is 1. The molecule has 2 aliphatic rings. The van der Waals surface area contributed by atoms with E-state index < -0.39 is 10.0 Å². The van der Waals surface area contributed by atoms with Crippen LogP contribution in [0.15, 0.2) is 47.6 Å². The summed E-state index contributed by atoms with van der Waals surface area (Å²) in [6.07, 6.45) is 4.14. The second-order valence-electron chi connectivity index (χ2n) is 7.32. The molecule has 2 aliphatic heterocycles. The van der Waals surface area contributed by atoms with Gasteiger partial charge in [-0.2, -0.15) is 4.31 Å². The number of nitrogens with one attached hydrogen (secondary N) is 1. The Morgan fingerprint density at radius 1 is 1.10 bits per heavy atom. The molecule has 1 aromatic carbocycles. The second-order valence-corrected chi connectivity index (χ2v) is 9.67. The SMILES string of the molecule is O=C(Nc1cc(N2CCCC2=O)ccc1Cl)N1CCN(S(=O)(=O)c2cccnc2)CC1. The Morgan fingerprint density at radius 3 is 2.52 bits per heavy atom. The van der Waals surface area contributed by atoms with Crippen molar-refractivity contribution < 1.29 is 18.0 Å². The van der Waals surface area contributed by atoms with E-state index in [-0.39, 0.29) is 43.0 Å². The van der Waals surface area contributed by atoms with E-state index in [1.807, 2.05) is 0 Å². The first-order valence-electron chi connectivity index (χ1n) is 9.92. The van der Waals surface area contributed by atoms with Gasteiger partial charge >= 0.3 is 6.03 Å². The maximum atomic E-state index is 12.7. The highest BCUT2D eigenvalue weighted by atomic mass is 35.5. The highest BCUT2D eigenvalue weighted by Crippen LogP contribution is 2.30. The van der Waals surface area contributed by atoms with E-state index in [0.717, 1.165) is 6.42 Å². The first-order chi connectivity index (χ1) is 14.9. The predicted molar refractivity (Wildman–Crippen MR) is 117 cm³/mol. The summed E-state index contributed by atoms with van der Waals surface area (Å²) in [5.74, 6) is 0.0468. The third kappa shape index (κ3) is 4.51. The van der Waals surface area contributed by atoms with Crippen LogP contribution in [-0.2, 0) is 14.8 Å². The molecule has 2 saturated heterocycles. The smallest absolute Gasteiger partial charge is 0.321 e. The summed E-state index contributed by atoms with van der Waals surface area (Å²) in [4.78, 5) is 32.0. The van der Waals surface area contributed by atoms with Crippen LogP contribution >= 0.6 is 11.6 Å². The molecular formula is C20H22ClN5O4S. The number of pyridine rings is 1. The topological polar surface area (TPSA) is 103 Å². The van der Waals surface area contributed by atoms with Crippen molar-refractivity contribution >= 4 is 44.9 Å². The Labute approximate surface area is 185 Å². The molecule has 3 heterocycles. The normalized spacial score (nSPS) is 17.8. The number of sulfonamides is 1. The van der Waals surface area contributed by atoms with Gasteiger partial charge in [0.05, 0.1) is 10.7 Å². The Bertz CT molecular complexity index is 1090. The molecule has 11 heteroatoms. The number of carbonyl (C=O) groups excluding carboxylic acids is 2. The number of nitrogens with zero attached hydrogens (tertiary/aromatic N) is 4. The fourth-order valence-corrected chi connectivity index (χ4v) is 5.22. The van der Waals surface area contributed by atoms with Gasteiger partial charge in [-0.1, -0.05) is 11.6 Å². The minimum Gasteiger partial charge on any atom is -0.322 e. The molecule has 0 atom stereocenters. The number of hydrogen-bond donors (Lipinski definition) is 1. The number of piperazine rings is 1. The van der Waals surface area contributed by atoms with Gasteiger partial charge in [0.25, 0.3) is 0 Å². The van der Waals surface area contributed by atoms with E-state index in [0.29, 0.717) is 29.4 Å². The van der Waals surface area contributed by atoms with Crippen LogP contribution < -0.4 is 10.2 Å². The molecule has 0 radical (unpaired) electrons. The summed E-state index contributed by atoms with van der Waals surface area (Å²) < 4.78 is 26.8. The minimum absolute atomic E-state index is 0.0468. The highest BCUT2D eigenvalue weighted by Gasteiger charge is 2.30. The van der Waals surface area contributed by atoms with Crippen LogP contribution in [-0.4, -0.2) is 67.3 Å². The van der Waals surface area contributed by atoms with Gasteiger partial charge in [0, 0.05) is 57.2 Å². The standard InChI is InChI=1S/C20H22ClN5O4S/c21-17-6-5-15(26-8-2-4-19(26)27)13-18(17)23-20(28)24-9-11-25(12-10-24)31(29,30)16-3-1-7-22-14-16/h1,3,5-7,13-14H,2,4,8-12H2,(H,23,28). The Hall–Kier alpha value is -2.69. The van der Waals surface area contributed by atoms with Gasteiger partial charge in [0.1, 0.15) is 4.90 Å². The molecule has 9 nitrogen and oxygen atoms in total. The van der Waals surface area contributed by atoms with E-state index in [9.17, 15) is 18.0 Å². The number of halogens is 1. The molecule has 1 N–H and O–H groups in total. The monoisotopic (exact) mass is 463 g/mol. The molecule has 0 unspecified atom stereocenters. The van der Waals surface area contributed by atoms with Crippen molar-refractivity contribution in [2.45, 2.75) is 17.7 Å². The summed E-state index contributed by atoms with van der Waals surface area (Å²) >= 11 is 6.24. The molecule has 0 saturated carbocycles. The van der Waals surface area contributed by atoms with Gasteiger partial charge in [-0.05, 0) is 36.8 Å². The van der Waals surface area contributed by atoms with Crippen LogP contribution in [0.25, 0.3) is 0 Å². The lowest BCUT2D eigenvalue weighted by Gasteiger charge is -2.34. The van der Waals surface area contributed by atoms with Crippen molar-refractivity contribution in [1.29, 1.82) is 0 Å². The maximum Gasteiger partial charge on any atom is 0.321 e. The van der Waals surface area contributed by atoms with Crippen molar-refractivity contribution in [3.05, 3.63) is 47.7 Å². The summed E-state index contributed by atoms with van der Waals surface area (Å²) in [5, 5.41) is 3.15. The van der Waals surface area contributed by atoms with Crippen molar-refractivity contribution in [1.82, 2.24) is 14.2 Å². The fraction of sp³-hybridized carbons (Fsp3) is 0.350. The number of rotatable bonds is 4. The summed E-state index contributed by atoms with van der Waals surface area (Å²) in [6, 6.07) is 7.79. The lowest BCUT2D eigenvalue weighted by Crippen LogP contribution is -2.51. The molecule has 2 aromatic rings. The molecule has 0 aliphatic carbocycles. The van der Waals surface area contributed by atoms with Gasteiger partial charge in [-0.25, -0.2) is 13.2 Å². The van der Waals surface area contributed by atoms with Crippen molar-refractivity contribution in [3.63, 3.8) is 0 Å². The molecular weight excluding hydrogens is 442 g/mol. The van der Waals surface area contributed by atoms with Gasteiger partial charge in [0.2, 0.25) is 15.9 Å². The Kier molecular flexibility index (Phi) is 6.12. The summed E-state index contributed by atoms with van der Waals surface area (Å²) in [7, 11) is -3.64. The van der Waals surface area contributed by atoms with Crippen LogP contribution in [0.5, 0.6) is 0 Å². The molecule has 4 rings (SSSR count). The van der Waals surface area contributed by atoms with E-state index in [1.165, 1.54) is 22.8 Å².